The van der Waals surface area contributed by atoms with Crippen molar-refractivity contribution in [1.29, 1.82) is 0 Å². The summed E-state index contributed by atoms with van der Waals surface area (Å²) >= 11 is 7.33. The number of thioether (sulfide) groups is 1. The van der Waals surface area contributed by atoms with E-state index in [9.17, 15) is 0 Å². The zero-order chi connectivity index (χ0) is 14.9. The van der Waals surface area contributed by atoms with Crippen molar-refractivity contribution in [3.05, 3.63) is 41.0 Å². The zero-order valence-electron chi connectivity index (χ0n) is 11.4. The number of benzene rings is 1. The van der Waals surface area contributed by atoms with Crippen molar-refractivity contribution >= 4 is 23.4 Å². The predicted molar refractivity (Wildman–Crippen MR) is 80.6 cm³/mol. The highest BCUT2D eigenvalue weighted by Crippen LogP contribution is 2.39. The van der Waals surface area contributed by atoms with Crippen molar-refractivity contribution in [1.82, 2.24) is 20.3 Å². The summed E-state index contributed by atoms with van der Waals surface area (Å²) in [6.07, 6.45) is 2.28. The number of hydrogen-bond acceptors (Lipinski definition) is 7. The van der Waals surface area contributed by atoms with Gasteiger partial charge in [-0.05, 0) is 31.0 Å². The van der Waals surface area contributed by atoms with Gasteiger partial charge in [-0.15, -0.1) is 10.2 Å². The van der Waals surface area contributed by atoms with Gasteiger partial charge < -0.3 is 8.94 Å². The van der Waals surface area contributed by atoms with Crippen LogP contribution in [-0.4, -0.2) is 20.3 Å². The highest BCUT2D eigenvalue weighted by Gasteiger charge is 2.29. The van der Waals surface area contributed by atoms with E-state index in [4.69, 9.17) is 20.5 Å². The summed E-state index contributed by atoms with van der Waals surface area (Å²) in [5.74, 6) is 2.82. The molecule has 0 amide bonds. The van der Waals surface area contributed by atoms with Gasteiger partial charge in [0, 0.05) is 16.5 Å². The van der Waals surface area contributed by atoms with Gasteiger partial charge in [-0.3, -0.25) is 0 Å². The second kappa shape index (κ2) is 5.73. The molecule has 0 spiro atoms. The molecule has 0 radical (unpaired) electrons. The van der Waals surface area contributed by atoms with Crippen LogP contribution in [0.5, 0.6) is 0 Å². The fraction of sp³-hybridized carbons (Fsp3) is 0.286. The lowest BCUT2D eigenvalue weighted by molar-refractivity contribution is 0.375. The van der Waals surface area contributed by atoms with Crippen molar-refractivity contribution in [3.8, 4) is 11.5 Å². The number of rotatable bonds is 5. The topological polar surface area (TPSA) is 77.8 Å². The molecule has 0 aliphatic heterocycles. The monoisotopic (exact) mass is 334 g/mol. The molecule has 0 bridgehead atoms. The van der Waals surface area contributed by atoms with E-state index in [0.717, 1.165) is 24.3 Å². The fourth-order valence-electron chi connectivity index (χ4n) is 1.95. The lowest BCUT2D eigenvalue weighted by Crippen LogP contribution is -1.85. The van der Waals surface area contributed by atoms with Crippen molar-refractivity contribution in [2.45, 2.75) is 29.7 Å². The molecule has 1 aliphatic carbocycles. The van der Waals surface area contributed by atoms with Crippen LogP contribution >= 0.6 is 23.4 Å². The zero-order valence-corrected chi connectivity index (χ0v) is 13.0. The summed E-state index contributed by atoms with van der Waals surface area (Å²) in [7, 11) is 0. The number of aromatic nitrogens is 4. The summed E-state index contributed by atoms with van der Waals surface area (Å²) in [6.45, 7) is 0. The van der Waals surface area contributed by atoms with Crippen LogP contribution in [0.15, 0.2) is 38.4 Å². The molecule has 22 heavy (non-hydrogen) atoms. The second-order valence-electron chi connectivity index (χ2n) is 5.00. The first-order chi connectivity index (χ1) is 10.8. The Morgan fingerprint density at radius 3 is 3.00 bits per heavy atom. The third-order valence-corrected chi connectivity index (χ3v) is 4.26. The Kier molecular flexibility index (Phi) is 3.59. The number of hydrogen-bond donors (Lipinski definition) is 0. The van der Waals surface area contributed by atoms with Crippen LogP contribution in [0.3, 0.4) is 0 Å². The summed E-state index contributed by atoms with van der Waals surface area (Å²) in [5, 5.41) is 13.1. The lowest BCUT2D eigenvalue weighted by atomic mass is 10.2. The van der Waals surface area contributed by atoms with Crippen molar-refractivity contribution in [2.75, 3.05) is 0 Å². The van der Waals surface area contributed by atoms with Gasteiger partial charge >= 0.3 is 0 Å². The Hall–Kier alpha value is -1.86. The number of nitrogens with zero attached hydrogens (tertiary/aromatic N) is 4. The third kappa shape index (κ3) is 3.00. The minimum Gasteiger partial charge on any atom is -0.411 e. The maximum atomic E-state index is 5.95. The maximum Gasteiger partial charge on any atom is 0.277 e. The van der Waals surface area contributed by atoms with E-state index in [1.807, 2.05) is 12.1 Å². The van der Waals surface area contributed by atoms with Gasteiger partial charge in [0.1, 0.15) is 0 Å². The Balaban J connectivity index is 1.42. The van der Waals surface area contributed by atoms with Gasteiger partial charge in [0.15, 0.2) is 5.82 Å². The molecule has 0 N–H and O–H groups in total. The largest absolute Gasteiger partial charge is 0.411 e. The summed E-state index contributed by atoms with van der Waals surface area (Å²) in [6, 6.07) is 7.29. The first-order valence-corrected chi connectivity index (χ1v) is 8.19. The molecular weight excluding hydrogens is 324 g/mol. The highest BCUT2D eigenvalue weighted by atomic mass is 35.5. The van der Waals surface area contributed by atoms with Crippen LogP contribution in [0, 0.1) is 0 Å². The van der Waals surface area contributed by atoms with E-state index in [1.165, 1.54) is 11.8 Å². The van der Waals surface area contributed by atoms with Gasteiger partial charge in [0.25, 0.3) is 5.22 Å². The van der Waals surface area contributed by atoms with Gasteiger partial charge in [-0.1, -0.05) is 34.6 Å². The molecule has 0 atom stereocenters. The molecule has 0 unspecified atom stereocenters. The van der Waals surface area contributed by atoms with Crippen molar-refractivity contribution in [2.24, 2.45) is 0 Å². The minimum atomic E-state index is 0.441. The summed E-state index contributed by atoms with van der Waals surface area (Å²) < 4.78 is 10.8. The molecule has 0 saturated heterocycles. The second-order valence-corrected chi connectivity index (χ2v) is 6.36. The standard InChI is InChI=1S/C14H11ClN4O2S/c15-10-3-1-2-9(6-10)13-17-18-14(20-13)22-7-11-16-12(21-19-11)8-4-5-8/h1-3,6,8H,4-5,7H2. The molecule has 2 heterocycles. The summed E-state index contributed by atoms with van der Waals surface area (Å²) in [4.78, 5) is 4.36. The normalized spacial score (nSPS) is 14.4. The van der Waals surface area contributed by atoms with Gasteiger partial charge in [-0.2, -0.15) is 4.98 Å². The van der Waals surface area contributed by atoms with Crippen LogP contribution in [0.2, 0.25) is 5.02 Å². The molecule has 1 aromatic carbocycles. The molecule has 3 aromatic rings. The molecule has 1 saturated carbocycles. The van der Waals surface area contributed by atoms with Crippen LogP contribution < -0.4 is 0 Å². The Morgan fingerprint density at radius 2 is 2.18 bits per heavy atom. The van der Waals surface area contributed by atoms with E-state index < -0.39 is 0 Å². The SMILES string of the molecule is Clc1cccc(-c2nnc(SCc3noc(C4CC4)n3)o2)c1. The first-order valence-electron chi connectivity index (χ1n) is 6.82. The fourth-order valence-corrected chi connectivity index (χ4v) is 2.75. The quantitative estimate of drug-likeness (QED) is 0.654. The van der Waals surface area contributed by atoms with Crippen LogP contribution in [0.4, 0.5) is 0 Å². The molecule has 8 heteroatoms. The Bertz CT molecular complexity index is 800. The van der Waals surface area contributed by atoms with E-state index in [2.05, 4.69) is 20.3 Å². The Labute approximate surface area is 135 Å². The van der Waals surface area contributed by atoms with Crippen LogP contribution in [-0.2, 0) is 5.75 Å². The molecule has 4 rings (SSSR count). The van der Waals surface area contributed by atoms with E-state index in [1.54, 1.807) is 12.1 Å². The molecular formula is C14H11ClN4O2S. The summed E-state index contributed by atoms with van der Waals surface area (Å²) in [5.41, 5.74) is 0.794. The van der Waals surface area contributed by atoms with E-state index in [-0.39, 0.29) is 0 Å². The third-order valence-electron chi connectivity index (χ3n) is 3.21. The average Bonchev–Trinajstić information content (AvgIpc) is 3.09. The van der Waals surface area contributed by atoms with Crippen LogP contribution in [0.25, 0.3) is 11.5 Å². The molecule has 6 nitrogen and oxygen atoms in total. The van der Waals surface area contributed by atoms with E-state index in [0.29, 0.717) is 33.6 Å². The van der Waals surface area contributed by atoms with Crippen molar-refractivity contribution < 1.29 is 8.94 Å². The van der Waals surface area contributed by atoms with Gasteiger partial charge in [-0.25, -0.2) is 0 Å². The smallest absolute Gasteiger partial charge is 0.277 e. The number of halogens is 1. The predicted octanol–water partition coefficient (Wildman–Crippen LogP) is 3.94. The Morgan fingerprint density at radius 1 is 1.27 bits per heavy atom. The highest BCUT2D eigenvalue weighted by molar-refractivity contribution is 7.98. The first kappa shape index (κ1) is 13.8. The van der Waals surface area contributed by atoms with Gasteiger partial charge in [0.2, 0.25) is 11.8 Å². The van der Waals surface area contributed by atoms with Gasteiger partial charge in [0.05, 0.1) is 5.75 Å². The minimum absolute atomic E-state index is 0.441. The molecule has 1 aliphatic rings. The molecule has 112 valence electrons. The van der Waals surface area contributed by atoms with Crippen molar-refractivity contribution in [3.63, 3.8) is 0 Å². The average molecular weight is 335 g/mol. The van der Waals surface area contributed by atoms with E-state index >= 15 is 0 Å². The molecule has 2 aromatic heterocycles. The lowest BCUT2D eigenvalue weighted by Gasteiger charge is -1.94. The van der Waals surface area contributed by atoms with Crippen LogP contribution in [0.1, 0.15) is 30.5 Å². The molecule has 1 fully saturated rings. The maximum absolute atomic E-state index is 5.95.